The Hall–Kier alpha value is -0.120. The molecule has 0 radical (unpaired) electrons. The van der Waals surface area contributed by atoms with Crippen LogP contribution in [-0.2, 0) is 6.54 Å². The Bertz CT molecular complexity index is 399. The van der Waals surface area contributed by atoms with Gasteiger partial charge in [0, 0.05) is 17.9 Å². The molecule has 1 aliphatic rings. The lowest BCUT2D eigenvalue weighted by molar-refractivity contribution is 0.194. The minimum atomic E-state index is -0.346. The van der Waals surface area contributed by atoms with Crippen molar-refractivity contribution >= 4 is 27.5 Å². The average Bonchev–Trinajstić information content (AvgIpc) is 2.29. The molecule has 17 heavy (non-hydrogen) atoms. The molecule has 0 bridgehead atoms. The Morgan fingerprint density at radius 1 is 1.53 bits per heavy atom. The van der Waals surface area contributed by atoms with E-state index in [4.69, 9.17) is 11.6 Å². The van der Waals surface area contributed by atoms with Crippen LogP contribution in [0.2, 0.25) is 5.02 Å². The Morgan fingerprint density at radius 3 is 2.94 bits per heavy atom. The molecular weight excluding hydrogens is 305 g/mol. The second-order valence-corrected chi connectivity index (χ2v) is 6.35. The molecule has 2 unspecified atom stereocenters. The molecule has 0 spiro atoms. The van der Waals surface area contributed by atoms with E-state index in [1.807, 2.05) is 6.07 Å². The first kappa shape index (κ1) is 13.3. The monoisotopic (exact) mass is 319 g/mol. The molecule has 1 nitrogen and oxygen atoms in total. The van der Waals surface area contributed by atoms with Gasteiger partial charge in [-0.1, -0.05) is 40.5 Å². The fraction of sp³-hybridized carbons (Fsp3) is 0.538. The lowest BCUT2D eigenvalue weighted by Gasteiger charge is -2.34. The van der Waals surface area contributed by atoms with E-state index in [2.05, 4.69) is 27.8 Å². The molecule has 0 N–H and O–H groups in total. The van der Waals surface area contributed by atoms with Gasteiger partial charge in [-0.2, -0.15) is 0 Å². The Balaban J connectivity index is 1.99. The van der Waals surface area contributed by atoms with Crippen LogP contribution in [0.25, 0.3) is 0 Å². The van der Waals surface area contributed by atoms with E-state index in [-0.39, 0.29) is 10.8 Å². The van der Waals surface area contributed by atoms with Crippen molar-refractivity contribution in [3.8, 4) is 0 Å². The topological polar surface area (TPSA) is 3.24 Å². The van der Waals surface area contributed by atoms with Crippen molar-refractivity contribution in [2.45, 2.75) is 24.7 Å². The Labute approximate surface area is 115 Å². The quantitative estimate of drug-likeness (QED) is 0.742. The lowest BCUT2D eigenvalue weighted by Crippen LogP contribution is -2.39. The van der Waals surface area contributed by atoms with Crippen LogP contribution in [0.5, 0.6) is 0 Å². The smallest absolute Gasteiger partial charge is 0.141 e. The third kappa shape index (κ3) is 3.43. The molecule has 1 fully saturated rings. The highest BCUT2D eigenvalue weighted by atomic mass is 79.9. The summed E-state index contributed by atoms with van der Waals surface area (Å²) in [6.45, 7) is 5.24. The van der Waals surface area contributed by atoms with Crippen LogP contribution in [0, 0.1) is 11.7 Å². The Morgan fingerprint density at radius 2 is 2.29 bits per heavy atom. The van der Waals surface area contributed by atoms with Crippen LogP contribution < -0.4 is 0 Å². The van der Waals surface area contributed by atoms with Crippen molar-refractivity contribution in [2.75, 3.05) is 13.1 Å². The number of halogens is 3. The maximum atomic E-state index is 13.0. The van der Waals surface area contributed by atoms with Gasteiger partial charge in [0.25, 0.3) is 0 Å². The minimum Gasteiger partial charge on any atom is -0.298 e. The van der Waals surface area contributed by atoms with Gasteiger partial charge in [0.15, 0.2) is 0 Å². The number of likely N-dealkylation sites (tertiary alicyclic amines) is 1. The fourth-order valence-corrected chi connectivity index (χ4v) is 3.00. The summed E-state index contributed by atoms with van der Waals surface area (Å²) in [7, 11) is 0. The zero-order chi connectivity index (χ0) is 12.4. The van der Waals surface area contributed by atoms with Crippen LogP contribution >= 0.6 is 27.5 Å². The molecular formula is C13H16BrClFN. The Kier molecular flexibility index (Phi) is 4.45. The highest BCUT2D eigenvalue weighted by molar-refractivity contribution is 9.09. The van der Waals surface area contributed by atoms with Gasteiger partial charge in [-0.25, -0.2) is 4.39 Å². The molecule has 0 aromatic heterocycles. The van der Waals surface area contributed by atoms with E-state index in [0.717, 1.165) is 31.1 Å². The van der Waals surface area contributed by atoms with E-state index < -0.39 is 0 Å². The standard InChI is InChI=1S/C13H16BrClFN/c1-9-4-5-17(8-11(9)14)7-10-2-3-13(16)12(15)6-10/h2-3,6,9,11H,4-5,7-8H2,1H3. The maximum absolute atomic E-state index is 13.0. The largest absolute Gasteiger partial charge is 0.298 e. The van der Waals surface area contributed by atoms with E-state index in [0.29, 0.717) is 4.83 Å². The highest BCUT2D eigenvalue weighted by Crippen LogP contribution is 2.25. The van der Waals surface area contributed by atoms with E-state index >= 15 is 0 Å². The maximum Gasteiger partial charge on any atom is 0.141 e. The summed E-state index contributed by atoms with van der Waals surface area (Å²) >= 11 is 9.49. The fourth-order valence-electron chi connectivity index (χ4n) is 2.12. The van der Waals surface area contributed by atoms with Crippen molar-refractivity contribution < 1.29 is 4.39 Å². The summed E-state index contributed by atoms with van der Waals surface area (Å²) in [6, 6.07) is 4.97. The first-order valence-corrected chi connectivity index (χ1v) is 7.16. The van der Waals surface area contributed by atoms with Crippen molar-refractivity contribution in [3.05, 3.63) is 34.6 Å². The van der Waals surface area contributed by atoms with Crippen LogP contribution in [0.15, 0.2) is 18.2 Å². The number of hydrogen-bond acceptors (Lipinski definition) is 1. The molecule has 2 atom stereocenters. The summed E-state index contributed by atoms with van der Waals surface area (Å²) in [4.78, 5) is 2.93. The number of rotatable bonds is 2. The predicted molar refractivity (Wildman–Crippen MR) is 73.2 cm³/mol. The summed E-state index contributed by atoms with van der Waals surface area (Å²) < 4.78 is 13.0. The normalized spacial score (nSPS) is 26.1. The molecule has 0 aliphatic carbocycles. The van der Waals surface area contributed by atoms with Gasteiger partial charge in [-0.05, 0) is 36.6 Å². The van der Waals surface area contributed by atoms with Gasteiger partial charge in [0.1, 0.15) is 5.82 Å². The molecule has 1 saturated heterocycles. The van der Waals surface area contributed by atoms with Crippen LogP contribution in [0.3, 0.4) is 0 Å². The van der Waals surface area contributed by atoms with Gasteiger partial charge in [-0.15, -0.1) is 0 Å². The van der Waals surface area contributed by atoms with Crippen molar-refractivity contribution in [1.29, 1.82) is 0 Å². The molecule has 1 aliphatic heterocycles. The van der Waals surface area contributed by atoms with Crippen molar-refractivity contribution in [3.63, 3.8) is 0 Å². The van der Waals surface area contributed by atoms with Gasteiger partial charge >= 0.3 is 0 Å². The molecule has 2 rings (SSSR count). The molecule has 1 aromatic rings. The highest BCUT2D eigenvalue weighted by Gasteiger charge is 2.23. The van der Waals surface area contributed by atoms with Crippen molar-refractivity contribution in [2.24, 2.45) is 5.92 Å². The third-order valence-electron chi connectivity index (χ3n) is 3.34. The van der Waals surface area contributed by atoms with E-state index in [9.17, 15) is 4.39 Å². The second-order valence-electron chi connectivity index (χ2n) is 4.77. The summed E-state index contributed by atoms with van der Waals surface area (Å²) in [5.41, 5.74) is 1.07. The number of benzene rings is 1. The molecule has 1 aromatic carbocycles. The number of hydrogen-bond donors (Lipinski definition) is 0. The van der Waals surface area contributed by atoms with Gasteiger partial charge < -0.3 is 0 Å². The molecule has 4 heteroatoms. The number of piperidine rings is 1. The summed E-state index contributed by atoms with van der Waals surface area (Å²) in [5.74, 6) is 0.379. The third-order valence-corrected chi connectivity index (χ3v) is 4.82. The summed E-state index contributed by atoms with van der Waals surface area (Å²) in [6.07, 6.45) is 1.20. The SMILES string of the molecule is CC1CCN(Cc2ccc(F)c(Cl)c2)CC1Br. The van der Waals surface area contributed by atoms with Crippen LogP contribution in [0.4, 0.5) is 4.39 Å². The zero-order valence-electron chi connectivity index (χ0n) is 9.80. The van der Waals surface area contributed by atoms with E-state index in [1.165, 1.54) is 12.5 Å². The minimum absolute atomic E-state index is 0.211. The lowest BCUT2D eigenvalue weighted by atomic mass is 9.98. The predicted octanol–water partition coefficient (Wildman–Crippen LogP) is 4.08. The molecule has 94 valence electrons. The van der Waals surface area contributed by atoms with Gasteiger partial charge in [-0.3, -0.25) is 4.90 Å². The number of nitrogens with zero attached hydrogens (tertiary/aromatic N) is 1. The van der Waals surface area contributed by atoms with Crippen LogP contribution in [0.1, 0.15) is 18.9 Å². The number of alkyl halides is 1. The zero-order valence-corrected chi connectivity index (χ0v) is 12.1. The average molecular weight is 321 g/mol. The van der Waals surface area contributed by atoms with Crippen molar-refractivity contribution in [1.82, 2.24) is 4.90 Å². The van der Waals surface area contributed by atoms with Gasteiger partial charge in [0.05, 0.1) is 5.02 Å². The van der Waals surface area contributed by atoms with Gasteiger partial charge in [0.2, 0.25) is 0 Å². The van der Waals surface area contributed by atoms with E-state index in [1.54, 1.807) is 6.07 Å². The molecule has 0 saturated carbocycles. The first-order valence-electron chi connectivity index (χ1n) is 5.86. The molecule has 0 amide bonds. The second kappa shape index (κ2) is 5.68. The van der Waals surface area contributed by atoms with Crippen LogP contribution in [-0.4, -0.2) is 22.8 Å². The molecule has 1 heterocycles. The summed E-state index contributed by atoms with van der Waals surface area (Å²) in [5, 5.41) is 0.211. The first-order chi connectivity index (χ1) is 8.06.